The summed E-state index contributed by atoms with van der Waals surface area (Å²) in [5.74, 6) is 0.615. The zero-order valence-corrected chi connectivity index (χ0v) is 13.4. The number of sulfonamides is 1. The van der Waals surface area contributed by atoms with E-state index in [2.05, 4.69) is 31.0 Å². The number of pyridine rings is 1. The topological polar surface area (TPSA) is 71.1 Å². The molecule has 0 aliphatic heterocycles. The SMILES string of the molecule is CNc1ccc(S(=O)(=O)Nc2ccc(Br)cc2C)cn1. The third-order valence-electron chi connectivity index (χ3n) is 2.74. The van der Waals surface area contributed by atoms with Crippen LogP contribution in [0.15, 0.2) is 45.9 Å². The van der Waals surface area contributed by atoms with Crippen molar-refractivity contribution in [1.82, 2.24) is 4.98 Å². The molecule has 0 bridgehead atoms. The summed E-state index contributed by atoms with van der Waals surface area (Å²) in [6.07, 6.45) is 1.32. The minimum absolute atomic E-state index is 0.124. The molecule has 2 N–H and O–H groups in total. The van der Waals surface area contributed by atoms with Crippen LogP contribution in [0.4, 0.5) is 11.5 Å². The van der Waals surface area contributed by atoms with Gasteiger partial charge in [-0.15, -0.1) is 0 Å². The smallest absolute Gasteiger partial charge is 0.263 e. The molecule has 0 spiro atoms. The normalized spacial score (nSPS) is 11.2. The summed E-state index contributed by atoms with van der Waals surface area (Å²) in [4.78, 5) is 4.13. The van der Waals surface area contributed by atoms with Gasteiger partial charge in [-0.1, -0.05) is 15.9 Å². The number of aromatic nitrogens is 1. The molecule has 1 heterocycles. The fourth-order valence-corrected chi connectivity index (χ4v) is 3.18. The third kappa shape index (κ3) is 3.29. The van der Waals surface area contributed by atoms with E-state index < -0.39 is 10.0 Å². The van der Waals surface area contributed by atoms with Gasteiger partial charge in [-0.3, -0.25) is 4.72 Å². The van der Waals surface area contributed by atoms with Gasteiger partial charge < -0.3 is 5.32 Å². The molecule has 0 radical (unpaired) electrons. The van der Waals surface area contributed by atoms with Crippen molar-refractivity contribution >= 4 is 37.5 Å². The predicted octanol–water partition coefficient (Wildman–Crippen LogP) is 3.00. The number of anilines is 2. The molecule has 1 aromatic heterocycles. The summed E-state index contributed by atoms with van der Waals surface area (Å²) in [7, 11) is -1.91. The van der Waals surface area contributed by atoms with Crippen LogP contribution in [0.2, 0.25) is 0 Å². The lowest BCUT2D eigenvalue weighted by Crippen LogP contribution is -2.14. The zero-order chi connectivity index (χ0) is 14.8. The lowest BCUT2D eigenvalue weighted by Gasteiger charge is -2.11. The standard InChI is InChI=1S/C13H14BrN3O2S/c1-9-7-10(14)3-5-12(9)17-20(18,19)11-4-6-13(15-2)16-8-11/h3-8,17H,1-2H3,(H,15,16). The van der Waals surface area contributed by atoms with Gasteiger partial charge >= 0.3 is 0 Å². The molecule has 0 fully saturated rings. The molecule has 2 aromatic rings. The number of halogens is 1. The lowest BCUT2D eigenvalue weighted by atomic mass is 10.2. The Kier molecular flexibility index (Phi) is 4.29. The number of rotatable bonds is 4. The molecule has 7 heteroatoms. The van der Waals surface area contributed by atoms with Gasteiger partial charge in [0.05, 0.1) is 5.69 Å². The fraction of sp³-hybridized carbons (Fsp3) is 0.154. The Morgan fingerprint density at radius 3 is 2.50 bits per heavy atom. The van der Waals surface area contributed by atoms with Crippen molar-refractivity contribution in [3.05, 3.63) is 46.6 Å². The molecule has 0 saturated carbocycles. The number of hydrogen-bond acceptors (Lipinski definition) is 4. The molecule has 5 nitrogen and oxygen atoms in total. The van der Waals surface area contributed by atoms with E-state index in [0.717, 1.165) is 10.0 Å². The van der Waals surface area contributed by atoms with Crippen LogP contribution in [0.3, 0.4) is 0 Å². The Hall–Kier alpha value is -1.60. The summed E-state index contributed by atoms with van der Waals surface area (Å²) in [5, 5.41) is 2.84. The zero-order valence-electron chi connectivity index (χ0n) is 11.0. The molecule has 0 aliphatic carbocycles. The molecule has 20 heavy (non-hydrogen) atoms. The number of nitrogens with zero attached hydrogens (tertiary/aromatic N) is 1. The Bertz CT molecular complexity index is 715. The summed E-state index contributed by atoms with van der Waals surface area (Å²) in [6.45, 7) is 1.84. The van der Waals surface area contributed by atoms with E-state index in [1.54, 1.807) is 25.2 Å². The van der Waals surface area contributed by atoms with Crippen LogP contribution < -0.4 is 10.0 Å². The Morgan fingerprint density at radius 2 is 1.95 bits per heavy atom. The first-order valence-electron chi connectivity index (χ1n) is 5.85. The minimum Gasteiger partial charge on any atom is -0.373 e. The van der Waals surface area contributed by atoms with Crippen LogP contribution in [0, 0.1) is 6.92 Å². The molecule has 0 atom stereocenters. The van der Waals surface area contributed by atoms with E-state index >= 15 is 0 Å². The average molecular weight is 356 g/mol. The van der Waals surface area contributed by atoms with Crippen molar-refractivity contribution in [2.24, 2.45) is 0 Å². The summed E-state index contributed by atoms with van der Waals surface area (Å²) in [5.41, 5.74) is 1.38. The van der Waals surface area contributed by atoms with Crippen LogP contribution in [-0.2, 0) is 10.0 Å². The second kappa shape index (κ2) is 5.80. The Labute approximate surface area is 126 Å². The maximum absolute atomic E-state index is 12.3. The molecule has 0 unspecified atom stereocenters. The van der Waals surface area contributed by atoms with Crippen LogP contribution in [-0.4, -0.2) is 20.4 Å². The number of benzene rings is 1. The molecule has 106 valence electrons. The monoisotopic (exact) mass is 355 g/mol. The fourth-order valence-electron chi connectivity index (χ4n) is 1.63. The molecular formula is C13H14BrN3O2S. The first-order chi connectivity index (χ1) is 9.42. The van der Waals surface area contributed by atoms with E-state index in [1.807, 2.05) is 13.0 Å². The van der Waals surface area contributed by atoms with Crippen LogP contribution in [0.1, 0.15) is 5.56 Å². The van der Waals surface area contributed by atoms with Gasteiger partial charge in [0, 0.05) is 17.7 Å². The number of nitrogens with one attached hydrogen (secondary N) is 2. The third-order valence-corrected chi connectivity index (χ3v) is 4.58. The van der Waals surface area contributed by atoms with Crippen molar-refractivity contribution in [3.8, 4) is 0 Å². The van der Waals surface area contributed by atoms with E-state index in [9.17, 15) is 8.42 Å². The maximum Gasteiger partial charge on any atom is 0.263 e. The van der Waals surface area contributed by atoms with Gasteiger partial charge in [-0.25, -0.2) is 13.4 Å². The van der Waals surface area contributed by atoms with Crippen LogP contribution >= 0.6 is 15.9 Å². The van der Waals surface area contributed by atoms with Crippen molar-refractivity contribution in [2.75, 3.05) is 17.1 Å². The highest BCUT2D eigenvalue weighted by molar-refractivity contribution is 9.10. The van der Waals surface area contributed by atoms with Crippen molar-refractivity contribution in [2.45, 2.75) is 11.8 Å². The number of hydrogen-bond donors (Lipinski definition) is 2. The van der Waals surface area contributed by atoms with E-state index in [4.69, 9.17) is 0 Å². The Morgan fingerprint density at radius 1 is 1.20 bits per heavy atom. The highest BCUT2D eigenvalue weighted by Gasteiger charge is 2.15. The first-order valence-corrected chi connectivity index (χ1v) is 8.13. The van der Waals surface area contributed by atoms with Crippen LogP contribution in [0.5, 0.6) is 0 Å². The highest BCUT2D eigenvalue weighted by Crippen LogP contribution is 2.23. The van der Waals surface area contributed by atoms with Crippen LogP contribution in [0.25, 0.3) is 0 Å². The Balaban J connectivity index is 2.30. The van der Waals surface area contributed by atoms with Crippen molar-refractivity contribution in [3.63, 3.8) is 0 Å². The molecule has 0 amide bonds. The van der Waals surface area contributed by atoms with Gasteiger partial charge in [0.15, 0.2) is 0 Å². The lowest BCUT2D eigenvalue weighted by molar-refractivity contribution is 0.601. The van der Waals surface area contributed by atoms with Crippen molar-refractivity contribution < 1.29 is 8.42 Å². The van der Waals surface area contributed by atoms with Crippen molar-refractivity contribution in [1.29, 1.82) is 0 Å². The summed E-state index contributed by atoms with van der Waals surface area (Å²) in [6, 6.07) is 8.47. The average Bonchev–Trinajstić information content (AvgIpc) is 2.42. The quantitative estimate of drug-likeness (QED) is 0.884. The van der Waals surface area contributed by atoms with Gasteiger partial charge in [0.2, 0.25) is 0 Å². The highest BCUT2D eigenvalue weighted by atomic mass is 79.9. The van der Waals surface area contributed by atoms with E-state index in [0.29, 0.717) is 11.5 Å². The molecule has 0 saturated heterocycles. The molecule has 0 aliphatic rings. The molecule has 1 aromatic carbocycles. The maximum atomic E-state index is 12.3. The minimum atomic E-state index is -3.63. The van der Waals surface area contributed by atoms with Gasteiger partial charge in [0.25, 0.3) is 10.0 Å². The van der Waals surface area contributed by atoms with Gasteiger partial charge in [-0.05, 0) is 42.8 Å². The summed E-state index contributed by atoms with van der Waals surface area (Å²) >= 11 is 3.34. The summed E-state index contributed by atoms with van der Waals surface area (Å²) < 4.78 is 28.0. The predicted molar refractivity (Wildman–Crippen MR) is 83.5 cm³/mol. The second-order valence-electron chi connectivity index (χ2n) is 4.19. The first kappa shape index (κ1) is 14.8. The van der Waals surface area contributed by atoms with E-state index in [-0.39, 0.29) is 4.90 Å². The molecular weight excluding hydrogens is 342 g/mol. The second-order valence-corrected chi connectivity index (χ2v) is 6.79. The van der Waals surface area contributed by atoms with E-state index in [1.165, 1.54) is 12.3 Å². The largest absolute Gasteiger partial charge is 0.373 e. The van der Waals surface area contributed by atoms with Gasteiger partial charge in [-0.2, -0.15) is 0 Å². The van der Waals surface area contributed by atoms with Gasteiger partial charge in [0.1, 0.15) is 10.7 Å². The number of aryl methyl sites for hydroxylation is 1. The molecule has 2 rings (SSSR count).